The van der Waals surface area contributed by atoms with E-state index in [9.17, 15) is 18.0 Å². The molecule has 0 unspecified atom stereocenters. The molecule has 0 bridgehead atoms. The van der Waals surface area contributed by atoms with Gasteiger partial charge in [-0.15, -0.1) is 0 Å². The van der Waals surface area contributed by atoms with Crippen molar-refractivity contribution in [2.45, 2.75) is 51.1 Å². The monoisotopic (exact) mass is 665 g/mol. The number of amides is 2. The third-order valence-corrected chi connectivity index (χ3v) is 9.88. The fourth-order valence-corrected chi connectivity index (χ4v) is 6.82. The molecule has 4 rings (SSSR count). The minimum absolute atomic E-state index is 0.0307. The van der Waals surface area contributed by atoms with Crippen molar-refractivity contribution in [1.29, 1.82) is 0 Å². The maximum absolute atomic E-state index is 14.5. The molecule has 4 aromatic rings. The molecular formula is C35H37Cl2N3O4S. The molecular weight excluding hydrogens is 629 g/mol. The number of carbonyl (C=O) groups excluding carboxylic acids is 2. The number of anilines is 1. The second-order valence-corrected chi connectivity index (χ2v) is 13.6. The van der Waals surface area contributed by atoms with E-state index in [1.165, 1.54) is 17.0 Å². The molecule has 10 heteroatoms. The van der Waals surface area contributed by atoms with E-state index in [1.54, 1.807) is 55.5 Å². The van der Waals surface area contributed by atoms with E-state index in [0.29, 0.717) is 34.1 Å². The Hall–Kier alpha value is -3.85. The molecule has 45 heavy (non-hydrogen) atoms. The summed E-state index contributed by atoms with van der Waals surface area (Å²) in [6.07, 6.45) is 0.937. The zero-order valence-electron chi connectivity index (χ0n) is 25.5. The second-order valence-electron chi connectivity index (χ2n) is 10.9. The molecule has 236 valence electrons. The van der Waals surface area contributed by atoms with Crippen molar-refractivity contribution in [3.05, 3.63) is 129 Å². The number of nitrogens with one attached hydrogen (secondary N) is 1. The molecule has 2 amide bonds. The van der Waals surface area contributed by atoms with Crippen LogP contribution < -0.4 is 9.62 Å². The highest BCUT2D eigenvalue weighted by Gasteiger charge is 2.35. The Labute approximate surface area is 275 Å². The van der Waals surface area contributed by atoms with Gasteiger partial charge in [0, 0.05) is 29.6 Å². The second kappa shape index (κ2) is 15.4. The van der Waals surface area contributed by atoms with Crippen LogP contribution in [0.5, 0.6) is 0 Å². The Kier molecular flexibility index (Phi) is 11.7. The fourth-order valence-electron chi connectivity index (χ4n) is 4.97. The number of sulfonamides is 1. The summed E-state index contributed by atoms with van der Waals surface area (Å²) in [5.74, 6) is -0.888. The first-order chi connectivity index (χ1) is 21.5. The predicted molar refractivity (Wildman–Crippen MR) is 181 cm³/mol. The van der Waals surface area contributed by atoms with Gasteiger partial charge in [0.05, 0.1) is 10.6 Å². The van der Waals surface area contributed by atoms with Gasteiger partial charge in [-0.25, -0.2) is 8.42 Å². The highest BCUT2D eigenvalue weighted by atomic mass is 35.5. The van der Waals surface area contributed by atoms with Crippen LogP contribution in [0, 0.1) is 13.8 Å². The lowest BCUT2D eigenvalue weighted by Crippen LogP contribution is -2.53. The first-order valence-electron chi connectivity index (χ1n) is 14.7. The Morgan fingerprint density at radius 2 is 1.51 bits per heavy atom. The highest BCUT2D eigenvalue weighted by Crippen LogP contribution is 2.31. The van der Waals surface area contributed by atoms with Crippen LogP contribution in [0.15, 0.2) is 102 Å². The number of nitrogens with zero attached hydrogens (tertiary/aromatic N) is 2. The lowest BCUT2D eigenvalue weighted by molar-refractivity contribution is -0.140. The summed E-state index contributed by atoms with van der Waals surface area (Å²) in [6.45, 7) is 5.41. The van der Waals surface area contributed by atoms with Crippen LogP contribution in [0.1, 0.15) is 35.6 Å². The Morgan fingerprint density at radius 1 is 0.844 bits per heavy atom. The lowest BCUT2D eigenvalue weighted by atomic mass is 10.0. The van der Waals surface area contributed by atoms with E-state index in [2.05, 4.69) is 5.32 Å². The van der Waals surface area contributed by atoms with E-state index >= 15 is 0 Å². The van der Waals surface area contributed by atoms with Crippen LogP contribution in [-0.2, 0) is 32.6 Å². The summed E-state index contributed by atoms with van der Waals surface area (Å²) in [4.78, 5) is 29.7. The van der Waals surface area contributed by atoms with E-state index in [1.807, 2.05) is 50.2 Å². The third kappa shape index (κ3) is 8.66. The number of hydrogen-bond acceptors (Lipinski definition) is 4. The van der Waals surface area contributed by atoms with Crippen molar-refractivity contribution >= 4 is 50.7 Å². The number of hydrogen-bond donors (Lipinski definition) is 1. The molecule has 7 nitrogen and oxygen atoms in total. The van der Waals surface area contributed by atoms with Crippen LogP contribution in [-0.4, -0.2) is 44.3 Å². The average molecular weight is 667 g/mol. The minimum Gasteiger partial charge on any atom is -0.354 e. The maximum Gasteiger partial charge on any atom is 0.264 e. The van der Waals surface area contributed by atoms with Crippen molar-refractivity contribution in [3.8, 4) is 0 Å². The van der Waals surface area contributed by atoms with Gasteiger partial charge >= 0.3 is 0 Å². The zero-order valence-corrected chi connectivity index (χ0v) is 27.9. The lowest BCUT2D eigenvalue weighted by Gasteiger charge is -2.34. The van der Waals surface area contributed by atoms with Crippen LogP contribution in [0.4, 0.5) is 5.69 Å². The van der Waals surface area contributed by atoms with Crippen molar-refractivity contribution in [2.75, 3.05) is 17.4 Å². The first kappa shape index (κ1) is 34.0. The number of carbonyl (C=O) groups is 2. The van der Waals surface area contributed by atoms with Gasteiger partial charge in [-0.1, -0.05) is 96.4 Å². The van der Waals surface area contributed by atoms with Crippen molar-refractivity contribution < 1.29 is 18.0 Å². The molecule has 0 aliphatic rings. The van der Waals surface area contributed by atoms with E-state index in [4.69, 9.17) is 23.2 Å². The summed E-state index contributed by atoms with van der Waals surface area (Å²) in [7, 11) is -4.23. The summed E-state index contributed by atoms with van der Waals surface area (Å²) < 4.78 is 29.5. The average Bonchev–Trinajstić information content (AvgIpc) is 3.02. The highest BCUT2D eigenvalue weighted by molar-refractivity contribution is 7.92. The van der Waals surface area contributed by atoms with Gasteiger partial charge < -0.3 is 10.2 Å². The number of benzene rings is 4. The molecule has 0 aromatic heterocycles. The standard InChI is InChI=1S/C35H37Cl2N3O4S/c1-4-20-38-35(42)33(22-27-10-6-5-7-11-27)39(23-28-12-8-13-29(36)21-28)34(41)24-40(32-15-9-14-31(37)26(32)3)45(43,44)30-18-16-25(2)17-19-30/h5-19,21,33H,4,20,22-24H2,1-3H3,(H,38,42)/t33-/m1/s1. The van der Waals surface area contributed by atoms with Crippen molar-refractivity contribution in [2.24, 2.45) is 0 Å². The number of aryl methyl sites for hydroxylation is 1. The van der Waals surface area contributed by atoms with E-state index < -0.39 is 28.5 Å². The Morgan fingerprint density at radius 3 is 2.18 bits per heavy atom. The molecule has 0 saturated carbocycles. The normalized spacial score (nSPS) is 11.9. The summed E-state index contributed by atoms with van der Waals surface area (Å²) in [5.41, 5.74) is 3.22. The van der Waals surface area contributed by atoms with Crippen LogP contribution in [0.2, 0.25) is 10.0 Å². The Bertz CT molecular complexity index is 1730. The SMILES string of the molecule is CCCNC(=O)[C@@H](Cc1ccccc1)N(Cc1cccc(Cl)c1)C(=O)CN(c1cccc(Cl)c1C)S(=O)(=O)c1ccc(C)cc1. The molecule has 1 atom stereocenters. The summed E-state index contributed by atoms with van der Waals surface area (Å²) >= 11 is 12.7. The largest absolute Gasteiger partial charge is 0.354 e. The molecule has 1 N–H and O–H groups in total. The molecule has 0 heterocycles. The van der Waals surface area contributed by atoms with Gasteiger partial charge in [0.2, 0.25) is 11.8 Å². The minimum atomic E-state index is -4.23. The van der Waals surface area contributed by atoms with Gasteiger partial charge in [0.1, 0.15) is 12.6 Å². The van der Waals surface area contributed by atoms with Crippen LogP contribution in [0.3, 0.4) is 0 Å². The zero-order chi connectivity index (χ0) is 32.6. The third-order valence-electron chi connectivity index (χ3n) is 7.46. The van der Waals surface area contributed by atoms with Crippen LogP contribution >= 0.6 is 23.2 Å². The van der Waals surface area contributed by atoms with E-state index in [0.717, 1.165) is 15.4 Å². The van der Waals surface area contributed by atoms with Gasteiger partial charge in [0.15, 0.2) is 0 Å². The fraction of sp³-hybridized carbons (Fsp3) is 0.257. The molecule has 0 spiro atoms. The summed E-state index contributed by atoms with van der Waals surface area (Å²) in [5, 5.41) is 3.78. The maximum atomic E-state index is 14.5. The van der Waals surface area contributed by atoms with E-state index in [-0.39, 0.29) is 29.5 Å². The van der Waals surface area contributed by atoms with Gasteiger partial charge in [-0.2, -0.15) is 0 Å². The molecule has 4 aromatic carbocycles. The molecule has 0 aliphatic carbocycles. The smallest absolute Gasteiger partial charge is 0.264 e. The van der Waals surface area contributed by atoms with Crippen molar-refractivity contribution in [3.63, 3.8) is 0 Å². The van der Waals surface area contributed by atoms with Gasteiger partial charge in [-0.05, 0) is 73.4 Å². The molecule has 0 saturated heterocycles. The van der Waals surface area contributed by atoms with Gasteiger partial charge in [0.25, 0.3) is 10.0 Å². The molecule has 0 radical (unpaired) electrons. The molecule has 0 fully saturated rings. The van der Waals surface area contributed by atoms with Crippen LogP contribution in [0.25, 0.3) is 0 Å². The Balaban J connectivity index is 1.83. The predicted octanol–water partition coefficient (Wildman–Crippen LogP) is 6.97. The number of rotatable bonds is 13. The topological polar surface area (TPSA) is 86.8 Å². The van der Waals surface area contributed by atoms with Crippen molar-refractivity contribution in [1.82, 2.24) is 10.2 Å². The first-order valence-corrected chi connectivity index (χ1v) is 16.9. The van der Waals surface area contributed by atoms with Gasteiger partial charge in [-0.3, -0.25) is 13.9 Å². The number of halogens is 2. The summed E-state index contributed by atoms with van der Waals surface area (Å²) in [6, 6.07) is 26.9. The molecule has 0 aliphatic heterocycles. The quantitative estimate of drug-likeness (QED) is 0.167.